The average molecular weight is 323 g/mol. The number of hydrogen-bond acceptors (Lipinski definition) is 3. The van der Waals surface area contributed by atoms with Crippen molar-refractivity contribution in [3.8, 4) is 0 Å². The third-order valence-electron chi connectivity index (χ3n) is 3.27. The van der Waals surface area contributed by atoms with E-state index in [0.29, 0.717) is 5.56 Å². The summed E-state index contributed by atoms with van der Waals surface area (Å²) in [6.07, 6.45) is 1.14. The highest BCUT2D eigenvalue weighted by molar-refractivity contribution is 5.93. The molecule has 2 aromatic rings. The van der Waals surface area contributed by atoms with Crippen molar-refractivity contribution in [1.29, 1.82) is 0 Å². The number of carbonyl (C=O) groups excluding carboxylic acids is 1. The third kappa shape index (κ3) is 3.91. The molecule has 1 aromatic carbocycles. The Kier molecular flexibility index (Phi) is 4.44. The fourth-order valence-corrected chi connectivity index (χ4v) is 1.92. The highest BCUT2D eigenvalue weighted by Crippen LogP contribution is 2.26. The van der Waals surface area contributed by atoms with Crippen LogP contribution in [0.1, 0.15) is 28.4 Å². The number of benzene rings is 1. The van der Waals surface area contributed by atoms with Gasteiger partial charge in [0.05, 0.1) is 0 Å². The first-order chi connectivity index (χ1) is 10.7. The first kappa shape index (κ1) is 16.6. The molecular formula is C15H15F2N3O3. The van der Waals surface area contributed by atoms with Gasteiger partial charge in [0, 0.05) is 32.3 Å². The van der Waals surface area contributed by atoms with Crippen LogP contribution >= 0.6 is 0 Å². The van der Waals surface area contributed by atoms with Crippen molar-refractivity contribution in [1.82, 2.24) is 14.9 Å². The van der Waals surface area contributed by atoms with Gasteiger partial charge in [-0.3, -0.25) is 14.6 Å². The largest absolute Gasteiger partial charge is 0.348 e. The molecule has 0 bridgehead atoms. The van der Waals surface area contributed by atoms with E-state index < -0.39 is 23.1 Å². The normalized spacial score (nSPS) is 11.3. The van der Waals surface area contributed by atoms with Crippen LogP contribution in [0.2, 0.25) is 0 Å². The van der Waals surface area contributed by atoms with Crippen LogP contribution in [0.25, 0.3) is 0 Å². The zero-order chi connectivity index (χ0) is 17.2. The van der Waals surface area contributed by atoms with E-state index in [1.54, 1.807) is 0 Å². The third-order valence-corrected chi connectivity index (χ3v) is 3.27. The Morgan fingerprint density at radius 1 is 1.26 bits per heavy atom. The van der Waals surface area contributed by atoms with Crippen LogP contribution in [0.15, 0.2) is 40.1 Å². The lowest BCUT2D eigenvalue weighted by Gasteiger charge is -2.11. The molecule has 1 amide bonds. The van der Waals surface area contributed by atoms with Gasteiger partial charge in [0.15, 0.2) is 0 Å². The first-order valence-corrected chi connectivity index (χ1v) is 6.74. The Balaban J connectivity index is 2.09. The molecule has 0 unspecified atom stereocenters. The standard InChI is InChI=1S/C15H15F2N3O3/c1-15(16,17)10-5-3-9(4-6-10)7-18-12(21)11-8-20(2)14(23)19-13(11)22/h3-6,8H,7H2,1-2H3,(H,18,21)(H,19,22,23). The SMILES string of the molecule is Cn1cc(C(=O)NCc2ccc(C(C)(F)F)cc2)c(=O)[nH]c1=O. The summed E-state index contributed by atoms with van der Waals surface area (Å²) in [5, 5.41) is 2.50. The van der Waals surface area contributed by atoms with Gasteiger partial charge in [-0.15, -0.1) is 0 Å². The van der Waals surface area contributed by atoms with Crippen LogP contribution in [0.4, 0.5) is 8.78 Å². The number of amides is 1. The Bertz CT molecular complexity index is 833. The lowest BCUT2D eigenvalue weighted by Crippen LogP contribution is -2.35. The van der Waals surface area contributed by atoms with Crippen LogP contribution < -0.4 is 16.6 Å². The van der Waals surface area contributed by atoms with Crippen molar-refractivity contribution >= 4 is 5.91 Å². The Morgan fingerprint density at radius 3 is 2.43 bits per heavy atom. The van der Waals surface area contributed by atoms with Gasteiger partial charge in [-0.1, -0.05) is 24.3 Å². The van der Waals surface area contributed by atoms with Crippen LogP contribution in [-0.2, 0) is 19.5 Å². The van der Waals surface area contributed by atoms with E-state index in [0.717, 1.165) is 17.7 Å². The number of halogens is 2. The summed E-state index contributed by atoms with van der Waals surface area (Å²) in [4.78, 5) is 36.8. The van der Waals surface area contributed by atoms with Crippen molar-refractivity contribution in [2.24, 2.45) is 7.05 Å². The van der Waals surface area contributed by atoms with E-state index in [1.165, 1.54) is 31.3 Å². The maximum Gasteiger partial charge on any atom is 0.328 e. The van der Waals surface area contributed by atoms with Crippen molar-refractivity contribution in [3.05, 3.63) is 68.0 Å². The summed E-state index contributed by atoms with van der Waals surface area (Å²) in [6.45, 7) is 0.867. The second-order valence-electron chi connectivity index (χ2n) is 5.18. The Labute approximate surface area is 129 Å². The molecule has 0 saturated carbocycles. The quantitative estimate of drug-likeness (QED) is 0.884. The van der Waals surface area contributed by atoms with Gasteiger partial charge < -0.3 is 9.88 Å². The maximum absolute atomic E-state index is 13.1. The van der Waals surface area contributed by atoms with E-state index in [1.807, 2.05) is 4.98 Å². The Hall–Kier alpha value is -2.77. The van der Waals surface area contributed by atoms with Crippen LogP contribution in [-0.4, -0.2) is 15.5 Å². The van der Waals surface area contributed by atoms with Gasteiger partial charge in [0.2, 0.25) is 0 Å². The number of aromatic amines is 1. The van der Waals surface area contributed by atoms with Crippen molar-refractivity contribution < 1.29 is 13.6 Å². The molecule has 0 aliphatic carbocycles. The highest BCUT2D eigenvalue weighted by atomic mass is 19.3. The number of nitrogens with one attached hydrogen (secondary N) is 2. The molecule has 0 fully saturated rings. The molecule has 0 atom stereocenters. The van der Waals surface area contributed by atoms with Crippen LogP contribution in [0, 0.1) is 0 Å². The molecule has 122 valence electrons. The minimum absolute atomic E-state index is 0.0662. The number of aromatic nitrogens is 2. The predicted octanol–water partition coefficient (Wildman–Crippen LogP) is 1.12. The molecular weight excluding hydrogens is 308 g/mol. The average Bonchev–Trinajstić information content (AvgIpc) is 2.48. The molecule has 0 aliphatic heterocycles. The Morgan fingerprint density at radius 2 is 1.87 bits per heavy atom. The lowest BCUT2D eigenvalue weighted by molar-refractivity contribution is 0.0174. The molecule has 0 spiro atoms. The van der Waals surface area contributed by atoms with Crippen molar-refractivity contribution in [3.63, 3.8) is 0 Å². The second kappa shape index (κ2) is 6.15. The van der Waals surface area contributed by atoms with E-state index in [4.69, 9.17) is 0 Å². The summed E-state index contributed by atoms with van der Waals surface area (Å²) in [5.74, 6) is -3.59. The zero-order valence-corrected chi connectivity index (χ0v) is 12.5. The first-order valence-electron chi connectivity index (χ1n) is 6.74. The second-order valence-corrected chi connectivity index (χ2v) is 5.18. The number of H-pyrrole nitrogens is 1. The molecule has 6 nitrogen and oxygen atoms in total. The lowest BCUT2D eigenvalue weighted by atomic mass is 10.1. The molecule has 23 heavy (non-hydrogen) atoms. The van der Waals surface area contributed by atoms with E-state index >= 15 is 0 Å². The van der Waals surface area contributed by atoms with Crippen LogP contribution in [0.5, 0.6) is 0 Å². The van der Waals surface area contributed by atoms with Gasteiger partial charge in [-0.05, 0) is 5.56 Å². The summed E-state index contributed by atoms with van der Waals surface area (Å²) in [7, 11) is 1.40. The van der Waals surface area contributed by atoms with Crippen LogP contribution in [0.3, 0.4) is 0 Å². The maximum atomic E-state index is 13.1. The predicted molar refractivity (Wildman–Crippen MR) is 79.5 cm³/mol. The fourth-order valence-electron chi connectivity index (χ4n) is 1.92. The van der Waals surface area contributed by atoms with E-state index in [9.17, 15) is 23.2 Å². The minimum Gasteiger partial charge on any atom is -0.348 e. The number of hydrogen-bond donors (Lipinski definition) is 2. The molecule has 1 heterocycles. The molecule has 2 N–H and O–H groups in total. The molecule has 2 rings (SSSR count). The van der Waals surface area contributed by atoms with Gasteiger partial charge >= 0.3 is 5.69 Å². The summed E-state index contributed by atoms with van der Waals surface area (Å²) in [6, 6.07) is 5.50. The smallest absolute Gasteiger partial charge is 0.328 e. The fraction of sp³-hybridized carbons (Fsp3) is 0.267. The van der Waals surface area contributed by atoms with Gasteiger partial charge in [-0.25, -0.2) is 13.6 Å². The summed E-state index contributed by atoms with van der Waals surface area (Å²) >= 11 is 0. The van der Waals surface area contributed by atoms with E-state index in [2.05, 4.69) is 5.32 Å². The zero-order valence-electron chi connectivity index (χ0n) is 12.5. The number of rotatable bonds is 4. The molecule has 0 saturated heterocycles. The molecule has 0 aliphatic rings. The monoisotopic (exact) mass is 323 g/mol. The molecule has 1 aromatic heterocycles. The number of carbonyl (C=O) groups is 1. The van der Waals surface area contributed by atoms with Gasteiger partial charge in [0.25, 0.3) is 17.4 Å². The number of alkyl halides is 2. The topological polar surface area (TPSA) is 84.0 Å². The van der Waals surface area contributed by atoms with Crippen molar-refractivity contribution in [2.45, 2.75) is 19.4 Å². The molecule has 8 heteroatoms. The minimum atomic E-state index is -2.93. The number of aryl methyl sites for hydroxylation is 1. The molecule has 0 radical (unpaired) electrons. The van der Waals surface area contributed by atoms with Gasteiger partial charge in [0.1, 0.15) is 5.56 Å². The van der Waals surface area contributed by atoms with Crippen molar-refractivity contribution in [2.75, 3.05) is 0 Å². The summed E-state index contributed by atoms with van der Waals surface area (Å²) in [5.41, 5.74) is -1.13. The summed E-state index contributed by atoms with van der Waals surface area (Å²) < 4.78 is 27.3. The number of nitrogens with zero attached hydrogens (tertiary/aromatic N) is 1. The van der Waals surface area contributed by atoms with Gasteiger partial charge in [-0.2, -0.15) is 0 Å². The van der Waals surface area contributed by atoms with E-state index in [-0.39, 0.29) is 17.7 Å². The highest BCUT2D eigenvalue weighted by Gasteiger charge is 2.23.